The summed E-state index contributed by atoms with van der Waals surface area (Å²) in [5.41, 5.74) is 0.636. The fraction of sp³-hybridized carbons (Fsp3) is 0.462. The van der Waals surface area contributed by atoms with E-state index in [9.17, 15) is 9.59 Å². The lowest BCUT2D eigenvalue weighted by atomic mass is 10.3. The average Bonchev–Trinajstić information content (AvgIpc) is 2.40. The summed E-state index contributed by atoms with van der Waals surface area (Å²) in [6, 6.07) is 3.31. The summed E-state index contributed by atoms with van der Waals surface area (Å²) in [5.74, 6) is 0.452. The van der Waals surface area contributed by atoms with Gasteiger partial charge in [-0.3, -0.25) is 14.7 Å². The molecular formula is C13H19N5O2. The number of anilines is 2. The molecule has 0 saturated carbocycles. The van der Waals surface area contributed by atoms with E-state index in [-0.39, 0.29) is 24.5 Å². The molecular weight excluding hydrogens is 258 g/mol. The minimum atomic E-state index is -0.257. The maximum absolute atomic E-state index is 12.3. The molecule has 108 valence electrons. The third-order valence-electron chi connectivity index (χ3n) is 3.07. The van der Waals surface area contributed by atoms with Crippen LogP contribution in [0, 0.1) is 0 Å². The molecule has 1 N–H and O–H groups in total. The number of carbonyl (C=O) groups excluding carboxylic acids is 2. The molecule has 7 nitrogen and oxygen atoms in total. The molecule has 0 bridgehead atoms. The highest BCUT2D eigenvalue weighted by atomic mass is 16.2. The van der Waals surface area contributed by atoms with Gasteiger partial charge in [-0.15, -0.1) is 0 Å². The van der Waals surface area contributed by atoms with E-state index in [1.807, 2.05) is 13.8 Å². The Bertz CT molecular complexity index is 531. The van der Waals surface area contributed by atoms with Gasteiger partial charge in [0.05, 0.1) is 5.69 Å². The van der Waals surface area contributed by atoms with Crippen molar-refractivity contribution >= 4 is 23.4 Å². The summed E-state index contributed by atoms with van der Waals surface area (Å²) in [6.45, 7) is 3.74. The van der Waals surface area contributed by atoms with Gasteiger partial charge in [-0.25, -0.2) is 14.8 Å². The second kappa shape index (κ2) is 5.36. The number of hydrogen-bond acceptors (Lipinski definition) is 4. The standard InChI is InChI=1S/C13H19N5O2/c1-9(2)15-11(19)8-18-10-6-5-7-14-12(10)16(3)17(4)13(18)20/h5-7,9H,8H2,1-4H3,(H,15,19). The van der Waals surface area contributed by atoms with Crippen LogP contribution in [0.2, 0.25) is 0 Å². The van der Waals surface area contributed by atoms with Crippen molar-refractivity contribution in [3.8, 4) is 0 Å². The summed E-state index contributed by atoms with van der Waals surface area (Å²) in [4.78, 5) is 29.9. The fourth-order valence-electron chi connectivity index (χ4n) is 2.06. The first-order valence-corrected chi connectivity index (χ1v) is 6.45. The summed E-state index contributed by atoms with van der Waals surface area (Å²) in [5, 5.41) is 5.87. The summed E-state index contributed by atoms with van der Waals surface area (Å²) in [6.07, 6.45) is 1.66. The number of pyridine rings is 1. The van der Waals surface area contributed by atoms with E-state index in [1.54, 1.807) is 37.4 Å². The first kappa shape index (κ1) is 14.1. The second-order valence-corrected chi connectivity index (χ2v) is 4.98. The van der Waals surface area contributed by atoms with Gasteiger partial charge in [0.1, 0.15) is 6.54 Å². The Morgan fingerprint density at radius 1 is 1.35 bits per heavy atom. The smallest absolute Gasteiger partial charge is 0.343 e. The molecule has 1 aromatic heterocycles. The lowest BCUT2D eigenvalue weighted by Gasteiger charge is -2.40. The van der Waals surface area contributed by atoms with Gasteiger partial charge >= 0.3 is 6.03 Å². The molecule has 0 aromatic carbocycles. The van der Waals surface area contributed by atoms with E-state index in [1.165, 1.54) is 9.91 Å². The van der Waals surface area contributed by atoms with Crippen LogP contribution in [-0.2, 0) is 4.79 Å². The molecule has 1 aliphatic rings. The summed E-state index contributed by atoms with van der Waals surface area (Å²) < 4.78 is 0. The Morgan fingerprint density at radius 2 is 2.05 bits per heavy atom. The molecule has 1 aromatic rings. The minimum absolute atomic E-state index is 0.0200. The van der Waals surface area contributed by atoms with Crippen molar-refractivity contribution in [1.29, 1.82) is 0 Å². The lowest BCUT2D eigenvalue weighted by molar-refractivity contribution is -0.120. The van der Waals surface area contributed by atoms with Crippen LogP contribution < -0.4 is 15.2 Å². The predicted molar refractivity (Wildman–Crippen MR) is 76.4 cm³/mol. The van der Waals surface area contributed by atoms with E-state index in [4.69, 9.17) is 0 Å². The van der Waals surface area contributed by atoms with Gasteiger partial charge in [0, 0.05) is 26.3 Å². The summed E-state index contributed by atoms with van der Waals surface area (Å²) >= 11 is 0. The van der Waals surface area contributed by atoms with Crippen LogP contribution in [0.25, 0.3) is 0 Å². The fourth-order valence-corrected chi connectivity index (χ4v) is 2.06. The zero-order valence-corrected chi connectivity index (χ0v) is 12.1. The van der Waals surface area contributed by atoms with Gasteiger partial charge in [0.2, 0.25) is 5.91 Å². The van der Waals surface area contributed by atoms with Crippen molar-refractivity contribution in [2.75, 3.05) is 30.5 Å². The lowest BCUT2D eigenvalue weighted by Crippen LogP contribution is -2.56. The van der Waals surface area contributed by atoms with E-state index >= 15 is 0 Å². The highest BCUT2D eigenvalue weighted by Gasteiger charge is 2.33. The molecule has 0 unspecified atom stereocenters. The van der Waals surface area contributed by atoms with Gasteiger partial charge in [0.15, 0.2) is 5.82 Å². The zero-order chi connectivity index (χ0) is 14.9. The van der Waals surface area contributed by atoms with Crippen molar-refractivity contribution in [3.63, 3.8) is 0 Å². The first-order valence-electron chi connectivity index (χ1n) is 6.45. The quantitative estimate of drug-likeness (QED) is 0.888. The van der Waals surface area contributed by atoms with Crippen LogP contribution in [0.4, 0.5) is 16.3 Å². The van der Waals surface area contributed by atoms with Gasteiger partial charge < -0.3 is 5.32 Å². The number of amides is 3. The highest BCUT2D eigenvalue weighted by molar-refractivity contribution is 6.02. The van der Waals surface area contributed by atoms with Gasteiger partial charge in [-0.05, 0) is 26.0 Å². The number of rotatable bonds is 3. The Kier molecular flexibility index (Phi) is 3.78. The Labute approximate surface area is 118 Å². The van der Waals surface area contributed by atoms with E-state index in [0.29, 0.717) is 11.5 Å². The van der Waals surface area contributed by atoms with E-state index in [0.717, 1.165) is 0 Å². The second-order valence-electron chi connectivity index (χ2n) is 4.98. The van der Waals surface area contributed by atoms with Crippen molar-refractivity contribution in [3.05, 3.63) is 18.3 Å². The molecule has 2 rings (SSSR count). The molecule has 0 radical (unpaired) electrons. The molecule has 0 spiro atoms. The third-order valence-corrected chi connectivity index (χ3v) is 3.07. The number of hydrazine groups is 1. The number of aromatic nitrogens is 1. The largest absolute Gasteiger partial charge is 0.352 e. The van der Waals surface area contributed by atoms with E-state index < -0.39 is 0 Å². The molecule has 3 amide bonds. The zero-order valence-electron chi connectivity index (χ0n) is 12.1. The number of hydrogen-bond donors (Lipinski definition) is 1. The van der Waals surface area contributed by atoms with Crippen molar-refractivity contribution in [1.82, 2.24) is 15.3 Å². The van der Waals surface area contributed by atoms with Crippen molar-refractivity contribution in [2.45, 2.75) is 19.9 Å². The van der Waals surface area contributed by atoms with Crippen LogP contribution in [0.5, 0.6) is 0 Å². The number of carbonyl (C=O) groups is 2. The SMILES string of the molecule is CC(C)NC(=O)CN1C(=O)N(C)N(C)c2ncccc21. The summed E-state index contributed by atoms with van der Waals surface area (Å²) in [7, 11) is 3.41. The van der Waals surface area contributed by atoms with Gasteiger partial charge in [-0.1, -0.05) is 0 Å². The Hall–Kier alpha value is -2.31. The normalized spacial score (nSPS) is 14.7. The van der Waals surface area contributed by atoms with E-state index in [2.05, 4.69) is 10.3 Å². The third kappa shape index (κ3) is 2.52. The molecule has 1 aliphatic heterocycles. The van der Waals surface area contributed by atoms with Crippen LogP contribution in [0.15, 0.2) is 18.3 Å². The van der Waals surface area contributed by atoms with Gasteiger partial charge in [0.25, 0.3) is 0 Å². The number of nitrogens with one attached hydrogen (secondary N) is 1. The Balaban J connectivity index is 2.30. The Morgan fingerprint density at radius 3 is 2.70 bits per heavy atom. The van der Waals surface area contributed by atoms with Crippen LogP contribution >= 0.6 is 0 Å². The van der Waals surface area contributed by atoms with Crippen LogP contribution in [0.3, 0.4) is 0 Å². The predicted octanol–water partition coefficient (Wildman–Crippen LogP) is 0.829. The molecule has 0 atom stereocenters. The molecule has 0 saturated heterocycles. The van der Waals surface area contributed by atoms with Crippen molar-refractivity contribution in [2.24, 2.45) is 0 Å². The highest BCUT2D eigenvalue weighted by Crippen LogP contribution is 2.31. The van der Waals surface area contributed by atoms with Crippen LogP contribution in [-0.4, -0.2) is 48.6 Å². The minimum Gasteiger partial charge on any atom is -0.352 e. The first-order chi connectivity index (χ1) is 9.41. The van der Waals surface area contributed by atoms with Crippen molar-refractivity contribution < 1.29 is 9.59 Å². The maximum Gasteiger partial charge on any atom is 0.343 e. The molecule has 2 heterocycles. The maximum atomic E-state index is 12.3. The number of nitrogens with zero attached hydrogens (tertiary/aromatic N) is 4. The topological polar surface area (TPSA) is 68.8 Å². The monoisotopic (exact) mass is 277 g/mol. The molecule has 0 fully saturated rings. The number of fused-ring (bicyclic) bond motifs is 1. The molecule has 20 heavy (non-hydrogen) atoms. The molecule has 7 heteroatoms. The van der Waals surface area contributed by atoms with Gasteiger partial charge in [-0.2, -0.15) is 0 Å². The number of urea groups is 1. The average molecular weight is 277 g/mol. The van der Waals surface area contributed by atoms with Crippen LogP contribution in [0.1, 0.15) is 13.8 Å². The molecule has 0 aliphatic carbocycles.